The number of rotatable bonds is 3. The van der Waals surface area contributed by atoms with Crippen LogP contribution in [-0.2, 0) is 16.0 Å². The summed E-state index contributed by atoms with van der Waals surface area (Å²) in [7, 11) is 1.38. The molecule has 152 valence electrons. The SMILES string of the molecule is COC(=O)[C@H]1Cc2c(n(C(=O)CCl)c3ccccc23)[C@@H](c2ccc3occc3c2)N1. The lowest BCUT2D eigenvalue weighted by atomic mass is 9.90. The van der Waals surface area contributed by atoms with Crippen LogP contribution in [-0.4, -0.2) is 35.5 Å². The first-order valence-corrected chi connectivity index (χ1v) is 10.2. The predicted molar refractivity (Wildman–Crippen MR) is 114 cm³/mol. The van der Waals surface area contributed by atoms with Crippen LogP contribution in [0.15, 0.2) is 59.2 Å². The van der Waals surface area contributed by atoms with E-state index in [0.29, 0.717) is 6.42 Å². The van der Waals surface area contributed by atoms with Gasteiger partial charge >= 0.3 is 5.97 Å². The van der Waals surface area contributed by atoms with Crippen molar-refractivity contribution in [3.05, 3.63) is 71.6 Å². The van der Waals surface area contributed by atoms with Gasteiger partial charge in [0, 0.05) is 17.2 Å². The van der Waals surface area contributed by atoms with Crippen molar-refractivity contribution in [1.82, 2.24) is 9.88 Å². The number of hydrogen-bond acceptors (Lipinski definition) is 5. The molecule has 4 aromatic rings. The van der Waals surface area contributed by atoms with Gasteiger partial charge in [-0.1, -0.05) is 24.3 Å². The average Bonchev–Trinajstić information content (AvgIpc) is 3.39. The van der Waals surface area contributed by atoms with E-state index in [1.54, 1.807) is 10.8 Å². The van der Waals surface area contributed by atoms with Gasteiger partial charge in [-0.15, -0.1) is 11.6 Å². The van der Waals surface area contributed by atoms with Gasteiger partial charge in [0.2, 0.25) is 5.91 Å². The number of para-hydroxylation sites is 1. The minimum atomic E-state index is -0.530. The lowest BCUT2D eigenvalue weighted by Gasteiger charge is -2.31. The number of carbonyl (C=O) groups is 2. The third kappa shape index (κ3) is 2.83. The summed E-state index contributed by atoms with van der Waals surface area (Å²) < 4.78 is 12.2. The number of alkyl halides is 1. The van der Waals surface area contributed by atoms with E-state index in [4.69, 9.17) is 20.8 Å². The second kappa shape index (κ2) is 7.31. The fourth-order valence-corrected chi connectivity index (χ4v) is 4.55. The smallest absolute Gasteiger partial charge is 0.323 e. The molecule has 1 N–H and O–H groups in total. The Labute approximate surface area is 177 Å². The van der Waals surface area contributed by atoms with E-state index < -0.39 is 12.1 Å². The monoisotopic (exact) mass is 422 g/mol. The number of benzene rings is 2. The van der Waals surface area contributed by atoms with E-state index in [9.17, 15) is 9.59 Å². The molecule has 0 saturated carbocycles. The van der Waals surface area contributed by atoms with Gasteiger partial charge in [0.15, 0.2) is 0 Å². The standard InChI is InChI=1S/C23H19ClN2O4/c1-29-23(28)17-11-16-15-4-2-3-5-18(15)26(20(27)12-24)22(16)21(25-17)14-6-7-19-13(10-14)8-9-30-19/h2-10,17,21,25H,11-12H2,1H3/t17-,21-/m1/s1. The minimum Gasteiger partial charge on any atom is -0.468 e. The van der Waals surface area contributed by atoms with Gasteiger partial charge in [-0.2, -0.15) is 0 Å². The molecule has 1 aliphatic rings. The lowest BCUT2D eigenvalue weighted by molar-refractivity contribution is -0.143. The highest BCUT2D eigenvalue weighted by Crippen LogP contribution is 2.38. The Kier molecular flexibility index (Phi) is 4.60. The first kappa shape index (κ1) is 18.9. The Morgan fingerprint density at radius 3 is 2.87 bits per heavy atom. The van der Waals surface area contributed by atoms with Crippen molar-refractivity contribution in [3.63, 3.8) is 0 Å². The fraction of sp³-hybridized carbons (Fsp3) is 0.217. The van der Waals surface area contributed by atoms with E-state index in [-0.39, 0.29) is 17.8 Å². The van der Waals surface area contributed by atoms with Crippen LogP contribution in [0.25, 0.3) is 21.9 Å². The topological polar surface area (TPSA) is 73.5 Å². The third-order valence-electron chi connectivity index (χ3n) is 5.73. The molecule has 0 saturated heterocycles. The van der Waals surface area contributed by atoms with E-state index >= 15 is 0 Å². The third-order valence-corrected chi connectivity index (χ3v) is 5.96. The molecule has 0 aliphatic carbocycles. The maximum absolute atomic E-state index is 12.9. The molecule has 7 heteroatoms. The largest absolute Gasteiger partial charge is 0.468 e. The van der Waals surface area contributed by atoms with E-state index in [0.717, 1.165) is 38.7 Å². The highest BCUT2D eigenvalue weighted by Gasteiger charge is 2.37. The van der Waals surface area contributed by atoms with Crippen molar-refractivity contribution in [2.75, 3.05) is 13.0 Å². The van der Waals surface area contributed by atoms with Gasteiger partial charge in [0.1, 0.15) is 17.5 Å². The number of aromatic nitrogens is 1. The van der Waals surface area contributed by atoms with Gasteiger partial charge in [0.25, 0.3) is 0 Å². The highest BCUT2D eigenvalue weighted by molar-refractivity contribution is 6.28. The lowest BCUT2D eigenvalue weighted by Crippen LogP contribution is -2.46. The molecular formula is C23H19ClN2O4. The Morgan fingerprint density at radius 1 is 1.23 bits per heavy atom. The summed E-state index contributed by atoms with van der Waals surface area (Å²) >= 11 is 5.97. The Balaban J connectivity index is 1.78. The van der Waals surface area contributed by atoms with Crippen molar-refractivity contribution in [3.8, 4) is 0 Å². The number of carbonyl (C=O) groups excluding carboxylic acids is 2. The van der Waals surface area contributed by atoms with Crippen LogP contribution in [0.3, 0.4) is 0 Å². The number of methoxy groups -OCH3 is 1. The minimum absolute atomic E-state index is 0.140. The Hall–Kier alpha value is -3.09. The number of ether oxygens (including phenoxy) is 1. The Morgan fingerprint density at radius 2 is 2.07 bits per heavy atom. The van der Waals surface area contributed by atoms with Crippen molar-refractivity contribution >= 4 is 45.3 Å². The van der Waals surface area contributed by atoms with Crippen LogP contribution < -0.4 is 5.32 Å². The van der Waals surface area contributed by atoms with Crippen LogP contribution in [0.5, 0.6) is 0 Å². The molecule has 2 aromatic carbocycles. The second-order valence-corrected chi connectivity index (χ2v) is 7.61. The van der Waals surface area contributed by atoms with Crippen LogP contribution in [0, 0.1) is 0 Å². The molecule has 30 heavy (non-hydrogen) atoms. The van der Waals surface area contributed by atoms with Crippen molar-refractivity contribution < 1.29 is 18.7 Å². The number of nitrogens with one attached hydrogen (secondary N) is 1. The predicted octanol–water partition coefficient (Wildman–Crippen LogP) is 4.04. The number of furan rings is 1. The van der Waals surface area contributed by atoms with Crippen molar-refractivity contribution in [1.29, 1.82) is 0 Å². The summed E-state index contributed by atoms with van der Waals surface area (Å²) in [5, 5.41) is 5.28. The molecule has 0 spiro atoms. The Bertz CT molecular complexity index is 1290. The molecule has 0 unspecified atom stereocenters. The maximum atomic E-state index is 12.9. The molecule has 6 nitrogen and oxygen atoms in total. The van der Waals surface area contributed by atoms with Crippen molar-refractivity contribution in [2.24, 2.45) is 0 Å². The van der Waals surface area contributed by atoms with Gasteiger partial charge in [-0.25, -0.2) is 0 Å². The van der Waals surface area contributed by atoms with Crippen LogP contribution in [0.4, 0.5) is 0 Å². The first-order valence-electron chi connectivity index (χ1n) is 9.64. The summed E-state index contributed by atoms with van der Waals surface area (Å²) in [6.45, 7) is 0. The molecule has 1 aliphatic heterocycles. The first-order chi connectivity index (χ1) is 14.6. The molecular weight excluding hydrogens is 404 g/mol. The van der Waals surface area contributed by atoms with Gasteiger partial charge in [0.05, 0.1) is 30.6 Å². The van der Waals surface area contributed by atoms with Gasteiger partial charge in [-0.05, 0) is 35.4 Å². The van der Waals surface area contributed by atoms with E-state index in [2.05, 4.69) is 5.32 Å². The van der Waals surface area contributed by atoms with E-state index in [1.165, 1.54) is 7.11 Å². The number of fused-ring (bicyclic) bond motifs is 4. The maximum Gasteiger partial charge on any atom is 0.323 e. The summed E-state index contributed by atoms with van der Waals surface area (Å²) in [6, 6.07) is 14.5. The summed E-state index contributed by atoms with van der Waals surface area (Å²) in [6.07, 6.45) is 2.06. The summed E-state index contributed by atoms with van der Waals surface area (Å²) in [5.41, 5.74) is 4.25. The average molecular weight is 423 g/mol. The molecule has 2 atom stereocenters. The molecule has 3 heterocycles. The molecule has 0 fully saturated rings. The normalized spacial score (nSPS) is 18.5. The van der Waals surface area contributed by atoms with Crippen molar-refractivity contribution in [2.45, 2.75) is 18.5 Å². The quantitative estimate of drug-likeness (QED) is 0.398. The molecule has 0 bridgehead atoms. The van der Waals surface area contributed by atoms with Gasteiger partial charge < -0.3 is 9.15 Å². The second-order valence-electron chi connectivity index (χ2n) is 7.34. The summed E-state index contributed by atoms with van der Waals surface area (Å²) in [5.74, 6) is -0.684. The molecule has 5 rings (SSSR count). The fourth-order valence-electron chi connectivity index (χ4n) is 4.43. The number of hydrogen-bond donors (Lipinski definition) is 1. The zero-order chi connectivity index (χ0) is 20.8. The summed E-state index contributed by atoms with van der Waals surface area (Å²) in [4.78, 5) is 25.3. The zero-order valence-electron chi connectivity index (χ0n) is 16.2. The van der Waals surface area contributed by atoms with Gasteiger partial charge in [-0.3, -0.25) is 19.5 Å². The number of halogens is 1. The number of nitrogens with zero attached hydrogens (tertiary/aromatic N) is 1. The van der Waals surface area contributed by atoms with E-state index in [1.807, 2.05) is 48.5 Å². The zero-order valence-corrected chi connectivity index (χ0v) is 17.0. The highest BCUT2D eigenvalue weighted by atomic mass is 35.5. The van der Waals surface area contributed by atoms with Crippen LogP contribution >= 0.6 is 11.6 Å². The molecule has 2 aromatic heterocycles. The number of esters is 1. The van der Waals surface area contributed by atoms with Crippen LogP contribution in [0.1, 0.15) is 27.7 Å². The molecule has 0 radical (unpaired) electrons. The molecule has 0 amide bonds. The van der Waals surface area contributed by atoms with Crippen LogP contribution in [0.2, 0.25) is 0 Å².